The first-order valence-electron chi connectivity index (χ1n) is 11.6. The van der Waals surface area contributed by atoms with E-state index in [4.69, 9.17) is 0 Å². The van der Waals surface area contributed by atoms with Gasteiger partial charge in [0.05, 0.1) is 15.5 Å². The number of aryl methyl sites for hydroxylation is 2. The van der Waals surface area contributed by atoms with Crippen molar-refractivity contribution in [3.05, 3.63) is 82.9 Å². The Labute approximate surface area is 212 Å². The number of nitrogens with one attached hydrogen (secondary N) is 2. The molecule has 0 aromatic heterocycles. The molecular formula is C26H29N3O5S2. The fourth-order valence-electron chi connectivity index (χ4n) is 4.08. The van der Waals surface area contributed by atoms with Gasteiger partial charge in [0.15, 0.2) is 0 Å². The van der Waals surface area contributed by atoms with Crippen LogP contribution in [0.2, 0.25) is 0 Å². The monoisotopic (exact) mass is 527 g/mol. The van der Waals surface area contributed by atoms with Gasteiger partial charge in [0.1, 0.15) is 0 Å². The standard InChI is InChI=1S/C26H29N3O5S2/c1-18-7-6-8-24(20(18)3)28-35(31,32)25-17-21(10-9-19(25)2)26(30)27-22-11-13-23(14-12-22)36(33,34)29-15-4-5-16-29/h6-14,17,28H,4-5,15-16H2,1-3H3,(H,27,30). The number of carbonyl (C=O) groups is 1. The highest BCUT2D eigenvalue weighted by atomic mass is 32.2. The number of carbonyl (C=O) groups excluding carboxylic acids is 1. The molecular weight excluding hydrogens is 498 g/mol. The molecule has 1 heterocycles. The largest absolute Gasteiger partial charge is 0.322 e. The number of sulfonamides is 2. The van der Waals surface area contributed by atoms with Crippen LogP contribution in [0.4, 0.5) is 11.4 Å². The lowest BCUT2D eigenvalue weighted by molar-refractivity contribution is 0.102. The van der Waals surface area contributed by atoms with Gasteiger partial charge in [0, 0.05) is 24.3 Å². The molecule has 0 atom stereocenters. The van der Waals surface area contributed by atoms with Gasteiger partial charge in [-0.15, -0.1) is 0 Å². The van der Waals surface area contributed by atoms with Crippen molar-refractivity contribution in [3.63, 3.8) is 0 Å². The fourth-order valence-corrected chi connectivity index (χ4v) is 7.00. The van der Waals surface area contributed by atoms with E-state index in [0.717, 1.165) is 24.0 Å². The number of hydrogen-bond donors (Lipinski definition) is 2. The molecule has 2 N–H and O–H groups in total. The third-order valence-electron chi connectivity index (χ3n) is 6.40. The summed E-state index contributed by atoms with van der Waals surface area (Å²) >= 11 is 0. The van der Waals surface area contributed by atoms with Gasteiger partial charge in [0.25, 0.3) is 15.9 Å². The Morgan fingerprint density at radius 1 is 0.833 bits per heavy atom. The SMILES string of the molecule is Cc1ccc(C(=O)Nc2ccc(S(=O)(=O)N3CCCC3)cc2)cc1S(=O)(=O)Nc1cccc(C)c1C. The van der Waals surface area contributed by atoms with Gasteiger partial charge in [-0.25, -0.2) is 16.8 Å². The third kappa shape index (κ3) is 5.30. The van der Waals surface area contributed by atoms with E-state index in [1.54, 1.807) is 31.2 Å². The van der Waals surface area contributed by atoms with Crippen LogP contribution in [0.5, 0.6) is 0 Å². The van der Waals surface area contributed by atoms with Crippen molar-refractivity contribution in [2.24, 2.45) is 0 Å². The van der Waals surface area contributed by atoms with Crippen molar-refractivity contribution >= 4 is 37.3 Å². The van der Waals surface area contributed by atoms with Crippen LogP contribution in [0.25, 0.3) is 0 Å². The molecule has 1 aliphatic heterocycles. The predicted octanol–water partition coefficient (Wildman–Crippen LogP) is 4.45. The molecule has 0 radical (unpaired) electrons. The van der Waals surface area contributed by atoms with Crippen LogP contribution in [0.3, 0.4) is 0 Å². The van der Waals surface area contributed by atoms with Crippen LogP contribution in [0.1, 0.15) is 39.9 Å². The van der Waals surface area contributed by atoms with Crippen LogP contribution in [0, 0.1) is 20.8 Å². The zero-order valence-electron chi connectivity index (χ0n) is 20.4. The lowest BCUT2D eigenvalue weighted by Crippen LogP contribution is -2.27. The molecule has 0 spiro atoms. The fraction of sp³-hybridized carbons (Fsp3) is 0.269. The average Bonchev–Trinajstić information content (AvgIpc) is 3.38. The number of nitrogens with zero attached hydrogens (tertiary/aromatic N) is 1. The van der Waals surface area contributed by atoms with Crippen LogP contribution >= 0.6 is 0 Å². The number of rotatable bonds is 7. The number of benzene rings is 3. The van der Waals surface area contributed by atoms with E-state index in [1.165, 1.54) is 34.6 Å². The van der Waals surface area contributed by atoms with E-state index < -0.39 is 26.0 Å². The van der Waals surface area contributed by atoms with Gasteiger partial charge < -0.3 is 5.32 Å². The maximum Gasteiger partial charge on any atom is 0.262 e. The van der Waals surface area contributed by atoms with Crippen LogP contribution in [-0.4, -0.2) is 40.1 Å². The highest BCUT2D eigenvalue weighted by Crippen LogP contribution is 2.26. The number of amides is 1. The molecule has 1 fully saturated rings. The minimum absolute atomic E-state index is 0.00288. The molecule has 0 unspecified atom stereocenters. The van der Waals surface area contributed by atoms with Gasteiger partial charge in [-0.05, 0) is 92.8 Å². The molecule has 36 heavy (non-hydrogen) atoms. The second-order valence-corrected chi connectivity index (χ2v) is 12.5. The summed E-state index contributed by atoms with van der Waals surface area (Å²) in [6.07, 6.45) is 1.70. The first kappa shape index (κ1) is 25.9. The topological polar surface area (TPSA) is 113 Å². The summed E-state index contributed by atoms with van der Waals surface area (Å²) in [7, 11) is -7.49. The molecule has 8 nitrogen and oxygen atoms in total. The molecule has 1 amide bonds. The van der Waals surface area contributed by atoms with E-state index in [1.807, 2.05) is 19.9 Å². The molecule has 190 valence electrons. The summed E-state index contributed by atoms with van der Waals surface area (Å²) in [5.41, 5.74) is 3.32. The second-order valence-electron chi connectivity index (χ2n) is 8.92. The first-order valence-corrected chi connectivity index (χ1v) is 14.5. The van der Waals surface area contributed by atoms with Crippen molar-refractivity contribution in [3.8, 4) is 0 Å². The molecule has 3 aromatic rings. The van der Waals surface area contributed by atoms with Gasteiger partial charge in [-0.3, -0.25) is 9.52 Å². The lowest BCUT2D eigenvalue weighted by atomic mass is 10.1. The molecule has 4 rings (SSSR count). The summed E-state index contributed by atoms with van der Waals surface area (Å²) in [6, 6.07) is 15.8. The zero-order chi connectivity index (χ0) is 26.1. The second kappa shape index (κ2) is 10.0. The Morgan fingerprint density at radius 3 is 2.17 bits per heavy atom. The highest BCUT2D eigenvalue weighted by molar-refractivity contribution is 7.92. The van der Waals surface area contributed by atoms with Gasteiger partial charge in [-0.2, -0.15) is 4.31 Å². The molecule has 0 aliphatic carbocycles. The maximum atomic E-state index is 13.2. The Kier molecular flexibility index (Phi) is 7.21. The normalized spacial score (nSPS) is 14.5. The summed E-state index contributed by atoms with van der Waals surface area (Å²) in [6.45, 7) is 6.43. The van der Waals surface area contributed by atoms with E-state index in [0.29, 0.717) is 30.0 Å². The van der Waals surface area contributed by atoms with Gasteiger partial charge >= 0.3 is 0 Å². The maximum absolute atomic E-state index is 13.2. The van der Waals surface area contributed by atoms with E-state index in [-0.39, 0.29) is 15.4 Å². The van der Waals surface area contributed by atoms with Crippen molar-refractivity contribution in [2.45, 2.75) is 43.4 Å². The van der Waals surface area contributed by atoms with Crippen molar-refractivity contribution in [1.82, 2.24) is 4.31 Å². The highest BCUT2D eigenvalue weighted by Gasteiger charge is 2.27. The number of anilines is 2. The Morgan fingerprint density at radius 2 is 1.50 bits per heavy atom. The molecule has 3 aromatic carbocycles. The third-order valence-corrected chi connectivity index (χ3v) is 9.82. The smallest absolute Gasteiger partial charge is 0.262 e. The van der Waals surface area contributed by atoms with E-state index in [2.05, 4.69) is 10.0 Å². The van der Waals surface area contributed by atoms with E-state index in [9.17, 15) is 21.6 Å². The van der Waals surface area contributed by atoms with E-state index >= 15 is 0 Å². The first-order chi connectivity index (χ1) is 17.0. The van der Waals surface area contributed by atoms with Gasteiger partial charge in [-0.1, -0.05) is 18.2 Å². The van der Waals surface area contributed by atoms with Crippen LogP contribution in [-0.2, 0) is 20.0 Å². The molecule has 1 aliphatic rings. The molecule has 0 saturated carbocycles. The van der Waals surface area contributed by atoms with Gasteiger partial charge in [0.2, 0.25) is 10.0 Å². The van der Waals surface area contributed by atoms with Crippen molar-refractivity contribution in [2.75, 3.05) is 23.1 Å². The van der Waals surface area contributed by atoms with Crippen molar-refractivity contribution < 1.29 is 21.6 Å². The Bertz CT molecular complexity index is 1510. The summed E-state index contributed by atoms with van der Waals surface area (Å²) in [5.74, 6) is -0.506. The van der Waals surface area contributed by atoms with Crippen LogP contribution in [0.15, 0.2) is 70.5 Å². The number of hydrogen-bond acceptors (Lipinski definition) is 5. The average molecular weight is 528 g/mol. The zero-order valence-corrected chi connectivity index (χ0v) is 22.0. The molecule has 0 bridgehead atoms. The molecule has 10 heteroatoms. The summed E-state index contributed by atoms with van der Waals surface area (Å²) in [5, 5.41) is 2.71. The summed E-state index contributed by atoms with van der Waals surface area (Å²) in [4.78, 5) is 13.1. The lowest BCUT2D eigenvalue weighted by Gasteiger charge is -2.16. The van der Waals surface area contributed by atoms with Crippen LogP contribution < -0.4 is 10.0 Å². The Hall–Kier alpha value is -3.21. The Balaban J connectivity index is 1.53. The quantitative estimate of drug-likeness (QED) is 0.471. The molecule has 1 saturated heterocycles. The minimum atomic E-state index is -3.94. The summed E-state index contributed by atoms with van der Waals surface area (Å²) < 4.78 is 55.8. The predicted molar refractivity (Wildman–Crippen MR) is 140 cm³/mol. The minimum Gasteiger partial charge on any atom is -0.322 e. The van der Waals surface area contributed by atoms with Crippen molar-refractivity contribution in [1.29, 1.82) is 0 Å².